The SMILES string of the molecule is O=C(CNc1ccccc1Cl)NC[C@@H]1CCS(=O)(=O)C1. The standard InChI is InChI=1S/C13H17ClN2O3S/c14-11-3-1-2-4-12(11)15-8-13(17)16-7-10-5-6-20(18,19)9-10/h1-4,10,15H,5-9H2,(H,16,17)/t10-/m0/s1. The highest BCUT2D eigenvalue weighted by Crippen LogP contribution is 2.20. The number of anilines is 1. The number of hydrogen-bond donors (Lipinski definition) is 2. The van der Waals surface area contributed by atoms with E-state index in [2.05, 4.69) is 10.6 Å². The molecule has 20 heavy (non-hydrogen) atoms. The van der Waals surface area contributed by atoms with Crippen molar-refractivity contribution >= 4 is 33.0 Å². The van der Waals surface area contributed by atoms with Crippen LogP contribution in [0.4, 0.5) is 5.69 Å². The largest absolute Gasteiger partial charge is 0.375 e. The molecule has 0 radical (unpaired) electrons. The van der Waals surface area contributed by atoms with E-state index in [-0.39, 0.29) is 29.9 Å². The lowest BCUT2D eigenvalue weighted by molar-refractivity contribution is -0.119. The first kappa shape index (κ1) is 15.1. The van der Waals surface area contributed by atoms with Gasteiger partial charge in [0.1, 0.15) is 0 Å². The molecule has 1 fully saturated rings. The van der Waals surface area contributed by atoms with Crippen molar-refractivity contribution < 1.29 is 13.2 Å². The topological polar surface area (TPSA) is 75.3 Å². The summed E-state index contributed by atoms with van der Waals surface area (Å²) in [7, 11) is -2.89. The Bertz CT molecular complexity index is 589. The van der Waals surface area contributed by atoms with Crippen molar-refractivity contribution in [1.29, 1.82) is 0 Å². The highest BCUT2D eigenvalue weighted by atomic mass is 35.5. The summed E-state index contributed by atoms with van der Waals surface area (Å²) in [5.41, 5.74) is 0.702. The van der Waals surface area contributed by atoms with Gasteiger partial charge < -0.3 is 10.6 Å². The predicted molar refractivity (Wildman–Crippen MR) is 79.7 cm³/mol. The van der Waals surface area contributed by atoms with E-state index in [9.17, 15) is 13.2 Å². The lowest BCUT2D eigenvalue weighted by Gasteiger charge is -2.11. The van der Waals surface area contributed by atoms with Crippen molar-refractivity contribution in [2.45, 2.75) is 6.42 Å². The normalized spacial score (nSPS) is 20.6. The Hall–Kier alpha value is -1.27. The molecule has 0 aromatic heterocycles. The van der Waals surface area contributed by atoms with Crippen LogP contribution in [0.2, 0.25) is 5.02 Å². The first-order chi connectivity index (χ1) is 9.46. The van der Waals surface area contributed by atoms with Crippen LogP contribution in [-0.4, -0.2) is 38.9 Å². The van der Waals surface area contributed by atoms with Gasteiger partial charge in [0.2, 0.25) is 5.91 Å². The Balaban J connectivity index is 1.73. The highest BCUT2D eigenvalue weighted by molar-refractivity contribution is 7.91. The molecule has 7 heteroatoms. The molecule has 1 aromatic rings. The number of amides is 1. The predicted octanol–water partition coefficient (Wildman–Crippen LogP) is 1.30. The van der Waals surface area contributed by atoms with Crippen LogP contribution in [0.5, 0.6) is 0 Å². The lowest BCUT2D eigenvalue weighted by atomic mass is 10.1. The fourth-order valence-electron chi connectivity index (χ4n) is 2.13. The van der Waals surface area contributed by atoms with Crippen molar-refractivity contribution in [1.82, 2.24) is 5.32 Å². The Kier molecular flexibility index (Phi) is 4.88. The van der Waals surface area contributed by atoms with Gasteiger partial charge in [0.25, 0.3) is 0 Å². The maximum absolute atomic E-state index is 11.7. The smallest absolute Gasteiger partial charge is 0.239 e. The van der Waals surface area contributed by atoms with Gasteiger partial charge >= 0.3 is 0 Å². The molecular formula is C13H17ClN2O3S. The number of sulfone groups is 1. The van der Waals surface area contributed by atoms with Gasteiger partial charge in [0.15, 0.2) is 9.84 Å². The van der Waals surface area contributed by atoms with Crippen molar-refractivity contribution in [3.8, 4) is 0 Å². The zero-order chi connectivity index (χ0) is 14.6. The fraction of sp³-hybridized carbons (Fsp3) is 0.462. The van der Waals surface area contributed by atoms with Crippen LogP contribution in [0.25, 0.3) is 0 Å². The van der Waals surface area contributed by atoms with Gasteiger partial charge in [-0.15, -0.1) is 0 Å². The van der Waals surface area contributed by atoms with E-state index in [1.54, 1.807) is 12.1 Å². The molecule has 0 spiro atoms. The van der Waals surface area contributed by atoms with Crippen LogP contribution in [0.3, 0.4) is 0 Å². The first-order valence-electron chi connectivity index (χ1n) is 6.42. The van der Waals surface area contributed by atoms with Gasteiger partial charge in [-0.1, -0.05) is 23.7 Å². The molecule has 0 saturated carbocycles. The van der Waals surface area contributed by atoms with Crippen LogP contribution in [-0.2, 0) is 14.6 Å². The Labute approximate surface area is 123 Å². The Morgan fingerprint density at radius 1 is 1.35 bits per heavy atom. The summed E-state index contributed by atoms with van der Waals surface area (Å²) in [5.74, 6) is 0.259. The third kappa shape index (κ3) is 4.38. The summed E-state index contributed by atoms with van der Waals surface area (Å²) in [4.78, 5) is 11.7. The van der Waals surface area contributed by atoms with Gasteiger partial charge in [-0.25, -0.2) is 8.42 Å². The van der Waals surface area contributed by atoms with Crippen LogP contribution < -0.4 is 10.6 Å². The zero-order valence-corrected chi connectivity index (χ0v) is 12.5. The molecule has 2 rings (SSSR count). The first-order valence-corrected chi connectivity index (χ1v) is 8.62. The molecule has 5 nitrogen and oxygen atoms in total. The minimum absolute atomic E-state index is 0.0317. The average Bonchev–Trinajstić information content (AvgIpc) is 2.75. The molecule has 1 saturated heterocycles. The Morgan fingerprint density at radius 2 is 2.10 bits per heavy atom. The number of halogens is 1. The van der Waals surface area contributed by atoms with Gasteiger partial charge in [-0.05, 0) is 24.5 Å². The number of carbonyl (C=O) groups is 1. The second-order valence-electron chi connectivity index (χ2n) is 4.91. The maximum atomic E-state index is 11.7. The molecular weight excluding hydrogens is 300 g/mol. The summed E-state index contributed by atoms with van der Waals surface area (Å²) < 4.78 is 22.6. The summed E-state index contributed by atoms with van der Waals surface area (Å²) in [6, 6.07) is 7.17. The summed E-state index contributed by atoms with van der Waals surface area (Å²) >= 11 is 5.96. The molecule has 1 aliphatic heterocycles. The second-order valence-corrected chi connectivity index (χ2v) is 7.54. The van der Waals surface area contributed by atoms with Crippen LogP contribution >= 0.6 is 11.6 Å². The quantitative estimate of drug-likeness (QED) is 0.858. The summed E-state index contributed by atoms with van der Waals surface area (Å²) in [5, 5.41) is 6.24. The summed E-state index contributed by atoms with van der Waals surface area (Å²) in [6.45, 7) is 0.519. The van der Waals surface area contributed by atoms with Crippen molar-refractivity contribution in [3.05, 3.63) is 29.3 Å². The number of hydrogen-bond acceptors (Lipinski definition) is 4. The van der Waals surface area contributed by atoms with E-state index in [1.807, 2.05) is 12.1 Å². The van der Waals surface area contributed by atoms with Crippen LogP contribution in [0, 0.1) is 5.92 Å². The van der Waals surface area contributed by atoms with Gasteiger partial charge in [-0.2, -0.15) is 0 Å². The van der Waals surface area contributed by atoms with Crippen molar-refractivity contribution in [2.24, 2.45) is 5.92 Å². The number of para-hydroxylation sites is 1. The third-order valence-electron chi connectivity index (χ3n) is 3.23. The van der Waals surface area contributed by atoms with Crippen molar-refractivity contribution in [2.75, 3.05) is 29.9 Å². The molecule has 1 amide bonds. The van der Waals surface area contributed by atoms with E-state index in [0.717, 1.165) is 0 Å². The minimum atomic E-state index is -2.89. The molecule has 0 aliphatic carbocycles. The van der Waals surface area contributed by atoms with E-state index in [4.69, 9.17) is 11.6 Å². The molecule has 1 aliphatic rings. The van der Waals surface area contributed by atoms with E-state index in [1.165, 1.54) is 0 Å². The third-order valence-corrected chi connectivity index (χ3v) is 5.39. The van der Waals surface area contributed by atoms with E-state index >= 15 is 0 Å². The average molecular weight is 317 g/mol. The minimum Gasteiger partial charge on any atom is -0.375 e. The highest BCUT2D eigenvalue weighted by Gasteiger charge is 2.27. The van der Waals surface area contributed by atoms with Gasteiger partial charge in [0, 0.05) is 6.54 Å². The molecule has 110 valence electrons. The number of nitrogens with one attached hydrogen (secondary N) is 2. The van der Waals surface area contributed by atoms with Crippen LogP contribution in [0.15, 0.2) is 24.3 Å². The maximum Gasteiger partial charge on any atom is 0.239 e. The molecule has 1 aromatic carbocycles. The number of benzene rings is 1. The summed E-state index contributed by atoms with van der Waals surface area (Å²) in [6.07, 6.45) is 0.626. The monoisotopic (exact) mass is 316 g/mol. The number of rotatable bonds is 5. The lowest BCUT2D eigenvalue weighted by Crippen LogP contribution is -2.34. The van der Waals surface area contributed by atoms with Gasteiger partial charge in [-0.3, -0.25) is 4.79 Å². The van der Waals surface area contributed by atoms with Crippen molar-refractivity contribution in [3.63, 3.8) is 0 Å². The molecule has 0 unspecified atom stereocenters. The second kappa shape index (κ2) is 6.45. The van der Waals surface area contributed by atoms with E-state index < -0.39 is 9.84 Å². The molecule has 1 heterocycles. The molecule has 0 bridgehead atoms. The Morgan fingerprint density at radius 3 is 2.75 bits per heavy atom. The zero-order valence-electron chi connectivity index (χ0n) is 10.9. The molecule has 1 atom stereocenters. The van der Waals surface area contributed by atoms with E-state index in [0.29, 0.717) is 23.7 Å². The number of carbonyl (C=O) groups excluding carboxylic acids is 1. The fourth-order valence-corrected chi connectivity index (χ4v) is 4.20. The van der Waals surface area contributed by atoms with Gasteiger partial charge in [0.05, 0.1) is 28.8 Å². The van der Waals surface area contributed by atoms with Crippen LogP contribution in [0.1, 0.15) is 6.42 Å². The molecule has 2 N–H and O–H groups in total.